The summed E-state index contributed by atoms with van der Waals surface area (Å²) < 4.78 is 1.63. The van der Waals surface area contributed by atoms with Gasteiger partial charge in [-0.25, -0.2) is 4.98 Å². The van der Waals surface area contributed by atoms with E-state index in [1.807, 2.05) is 37.6 Å². The van der Waals surface area contributed by atoms with Gasteiger partial charge in [0, 0.05) is 35.6 Å². The summed E-state index contributed by atoms with van der Waals surface area (Å²) in [6.07, 6.45) is 8.93. The van der Waals surface area contributed by atoms with Gasteiger partial charge in [0.25, 0.3) is 0 Å². The number of hydrogen-bond donors (Lipinski definition) is 3. The summed E-state index contributed by atoms with van der Waals surface area (Å²) in [6, 6.07) is 8.08. The fourth-order valence-electron chi connectivity index (χ4n) is 3.86. The topological polar surface area (TPSA) is 100 Å². The number of carbonyl (C=O) groups is 1. The Morgan fingerprint density at radius 2 is 2.14 bits per heavy atom. The van der Waals surface area contributed by atoms with Gasteiger partial charge in [-0.1, -0.05) is 0 Å². The second-order valence-electron chi connectivity index (χ2n) is 7.56. The number of aryl methyl sites for hydroxylation is 1. The molecule has 0 saturated heterocycles. The van der Waals surface area contributed by atoms with E-state index < -0.39 is 0 Å². The molecule has 0 unspecified atom stereocenters. The summed E-state index contributed by atoms with van der Waals surface area (Å²) in [5.74, 6) is 0.113. The van der Waals surface area contributed by atoms with Crippen LogP contribution in [0.1, 0.15) is 25.0 Å². The molecule has 8 heteroatoms. The van der Waals surface area contributed by atoms with Crippen molar-refractivity contribution in [3.63, 3.8) is 0 Å². The number of pyridine rings is 1. The van der Waals surface area contributed by atoms with Gasteiger partial charge in [-0.05, 0) is 62.6 Å². The van der Waals surface area contributed by atoms with Gasteiger partial charge in [-0.3, -0.25) is 4.79 Å². The van der Waals surface area contributed by atoms with Crippen LogP contribution >= 0.6 is 0 Å². The van der Waals surface area contributed by atoms with Gasteiger partial charge < -0.3 is 15.6 Å². The minimum atomic E-state index is -0.316. The van der Waals surface area contributed by atoms with Gasteiger partial charge in [0.15, 0.2) is 0 Å². The monoisotopic (exact) mass is 389 g/mol. The molecule has 29 heavy (non-hydrogen) atoms. The van der Waals surface area contributed by atoms with Gasteiger partial charge in [-0.2, -0.15) is 14.8 Å². The number of fused-ring (bicyclic) bond motifs is 2. The van der Waals surface area contributed by atoms with E-state index in [0.717, 1.165) is 59.1 Å². The van der Waals surface area contributed by atoms with E-state index >= 15 is 0 Å². The number of likely N-dealkylation sites (N-methyl/N-ethyl adjacent to an activating group) is 1. The molecule has 1 amide bonds. The lowest BCUT2D eigenvalue weighted by Gasteiger charge is -2.13. The lowest BCUT2D eigenvalue weighted by atomic mass is 10.1. The quantitative estimate of drug-likeness (QED) is 0.420. The Kier molecular flexibility index (Phi) is 4.28. The van der Waals surface area contributed by atoms with Crippen LogP contribution in [0.15, 0.2) is 42.9 Å². The number of nitrogens with zero attached hydrogens (tertiary/aromatic N) is 4. The molecule has 3 N–H and O–H groups in total. The predicted molar refractivity (Wildman–Crippen MR) is 110 cm³/mol. The molecule has 0 radical (unpaired) electrons. The van der Waals surface area contributed by atoms with Crippen LogP contribution in [0.25, 0.3) is 27.7 Å². The molecule has 1 aliphatic carbocycles. The van der Waals surface area contributed by atoms with Gasteiger partial charge in [0.05, 0.1) is 17.3 Å². The summed E-state index contributed by atoms with van der Waals surface area (Å²) in [4.78, 5) is 20.1. The first kappa shape index (κ1) is 17.8. The normalized spacial score (nSPS) is 15.1. The number of carbonyl (C=O) groups excluding carboxylic acids is 1. The van der Waals surface area contributed by atoms with Gasteiger partial charge in [0.2, 0.25) is 5.91 Å². The van der Waals surface area contributed by atoms with Crippen molar-refractivity contribution in [3.8, 4) is 11.1 Å². The zero-order valence-corrected chi connectivity index (χ0v) is 16.3. The third kappa shape index (κ3) is 3.15. The molecule has 0 aliphatic heterocycles. The van der Waals surface area contributed by atoms with Crippen molar-refractivity contribution in [2.24, 2.45) is 0 Å². The SMILES string of the molecule is CNC1(C(=O)NCCCc2cc3c(-c4cnn5ncccc45)ccnc3[nH]2)CC1. The summed E-state index contributed by atoms with van der Waals surface area (Å²) >= 11 is 0. The first-order chi connectivity index (χ1) is 14.2. The minimum absolute atomic E-state index is 0.113. The van der Waals surface area contributed by atoms with Crippen molar-refractivity contribution < 1.29 is 4.79 Å². The predicted octanol–water partition coefficient (Wildman–Crippen LogP) is 2.07. The Morgan fingerprint density at radius 1 is 1.24 bits per heavy atom. The van der Waals surface area contributed by atoms with Crippen molar-refractivity contribution in [1.82, 2.24) is 35.4 Å². The van der Waals surface area contributed by atoms with Crippen LogP contribution in [0.5, 0.6) is 0 Å². The number of H-pyrrole nitrogens is 1. The van der Waals surface area contributed by atoms with Crippen molar-refractivity contribution in [2.75, 3.05) is 13.6 Å². The molecule has 148 valence electrons. The second kappa shape index (κ2) is 6.97. The van der Waals surface area contributed by atoms with Crippen LogP contribution in [-0.4, -0.2) is 49.8 Å². The highest BCUT2D eigenvalue weighted by molar-refractivity contribution is 5.97. The highest BCUT2D eigenvalue weighted by atomic mass is 16.2. The molecule has 1 saturated carbocycles. The number of nitrogens with one attached hydrogen (secondary N) is 3. The fourth-order valence-corrected chi connectivity index (χ4v) is 3.86. The van der Waals surface area contributed by atoms with E-state index in [2.05, 4.69) is 36.9 Å². The number of hydrogen-bond acceptors (Lipinski definition) is 5. The highest BCUT2D eigenvalue weighted by Crippen LogP contribution is 2.35. The molecule has 0 aromatic carbocycles. The third-order valence-electron chi connectivity index (χ3n) is 5.75. The summed E-state index contributed by atoms with van der Waals surface area (Å²) in [7, 11) is 1.85. The maximum atomic E-state index is 12.2. The smallest absolute Gasteiger partial charge is 0.240 e. The minimum Gasteiger partial charge on any atom is -0.354 e. The standard InChI is InChI=1S/C21H23N7O/c1-22-21(7-8-21)20(29)24-9-2-4-14-12-16-15(6-11-23-19(16)27-14)17-13-26-28-18(17)5-3-10-25-28/h3,5-6,10-13,22H,2,4,7-9H2,1H3,(H,23,27)(H,24,29). The first-order valence-corrected chi connectivity index (χ1v) is 9.93. The van der Waals surface area contributed by atoms with Crippen LogP contribution in [0, 0.1) is 0 Å². The zero-order chi connectivity index (χ0) is 19.8. The lowest BCUT2D eigenvalue weighted by molar-refractivity contribution is -0.124. The largest absolute Gasteiger partial charge is 0.354 e. The van der Waals surface area contributed by atoms with Crippen LogP contribution in [0.4, 0.5) is 0 Å². The van der Waals surface area contributed by atoms with E-state index in [1.54, 1.807) is 10.8 Å². The molecule has 4 heterocycles. The van der Waals surface area contributed by atoms with Crippen molar-refractivity contribution in [3.05, 3.63) is 48.5 Å². The summed E-state index contributed by atoms with van der Waals surface area (Å²) in [5.41, 5.74) is 4.73. The van der Waals surface area contributed by atoms with Gasteiger partial charge >= 0.3 is 0 Å². The Balaban J connectivity index is 1.32. The second-order valence-corrected chi connectivity index (χ2v) is 7.56. The maximum Gasteiger partial charge on any atom is 0.240 e. The lowest BCUT2D eigenvalue weighted by Crippen LogP contribution is -2.45. The summed E-state index contributed by atoms with van der Waals surface area (Å²) in [6.45, 7) is 0.664. The first-order valence-electron chi connectivity index (χ1n) is 9.93. The van der Waals surface area contributed by atoms with E-state index in [1.165, 1.54) is 0 Å². The Bertz CT molecular complexity index is 1190. The molecular formula is C21H23N7O. The Labute approximate surface area is 167 Å². The average molecular weight is 389 g/mol. The molecule has 0 bridgehead atoms. The van der Waals surface area contributed by atoms with Crippen molar-refractivity contribution in [2.45, 2.75) is 31.2 Å². The summed E-state index contributed by atoms with van der Waals surface area (Å²) in [5, 5.41) is 15.8. The number of amides is 1. The van der Waals surface area contributed by atoms with Gasteiger partial charge in [-0.15, -0.1) is 0 Å². The van der Waals surface area contributed by atoms with E-state index in [-0.39, 0.29) is 11.4 Å². The Hall–Kier alpha value is -3.26. The van der Waals surface area contributed by atoms with E-state index in [0.29, 0.717) is 6.54 Å². The maximum absolute atomic E-state index is 12.2. The molecule has 1 aliphatic rings. The van der Waals surface area contributed by atoms with E-state index in [9.17, 15) is 4.79 Å². The van der Waals surface area contributed by atoms with Crippen LogP contribution in [0.2, 0.25) is 0 Å². The van der Waals surface area contributed by atoms with Gasteiger partial charge in [0.1, 0.15) is 5.65 Å². The Morgan fingerprint density at radius 3 is 2.97 bits per heavy atom. The molecular weight excluding hydrogens is 366 g/mol. The van der Waals surface area contributed by atoms with Crippen LogP contribution < -0.4 is 10.6 Å². The zero-order valence-electron chi connectivity index (χ0n) is 16.3. The molecule has 8 nitrogen and oxygen atoms in total. The number of rotatable bonds is 7. The third-order valence-corrected chi connectivity index (χ3v) is 5.75. The molecule has 5 rings (SSSR count). The van der Waals surface area contributed by atoms with Crippen molar-refractivity contribution in [1.29, 1.82) is 0 Å². The molecule has 1 fully saturated rings. The fraction of sp³-hybridized carbons (Fsp3) is 0.333. The molecule has 4 aromatic heterocycles. The number of aromatic nitrogens is 5. The highest BCUT2D eigenvalue weighted by Gasteiger charge is 2.48. The average Bonchev–Trinajstić information content (AvgIpc) is 3.26. The van der Waals surface area contributed by atoms with Crippen LogP contribution in [0.3, 0.4) is 0 Å². The molecule has 4 aromatic rings. The van der Waals surface area contributed by atoms with Crippen molar-refractivity contribution >= 4 is 22.5 Å². The van der Waals surface area contributed by atoms with Crippen LogP contribution in [-0.2, 0) is 11.2 Å². The molecule has 0 spiro atoms. The number of aromatic amines is 1. The van der Waals surface area contributed by atoms with E-state index in [4.69, 9.17) is 0 Å². The molecule has 0 atom stereocenters.